The van der Waals surface area contributed by atoms with Crippen molar-refractivity contribution in [3.05, 3.63) is 23.9 Å². The highest BCUT2D eigenvalue weighted by atomic mass is 19.4. The van der Waals surface area contributed by atoms with E-state index in [1.807, 2.05) is 0 Å². The molecule has 8 heteroatoms. The molecule has 0 aliphatic carbocycles. The molecule has 1 amide bonds. The summed E-state index contributed by atoms with van der Waals surface area (Å²) in [6.45, 7) is -0.303. The topological polar surface area (TPSA) is 60.5 Å². The summed E-state index contributed by atoms with van der Waals surface area (Å²) in [5, 5.41) is 2.69. The maximum absolute atomic E-state index is 12.0. The first kappa shape index (κ1) is 15.6. The van der Waals surface area contributed by atoms with Crippen LogP contribution in [0.1, 0.15) is 23.2 Å². The molecule has 0 saturated carbocycles. The van der Waals surface area contributed by atoms with E-state index < -0.39 is 12.8 Å². The second-order valence-corrected chi connectivity index (χ2v) is 4.63. The van der Waals surface area contributed by atoms with Gasteiger partial charge >= 0.3 is 6.18 Å². The normalized spacial score (nSPS) is 18.5. The maximum atomic E-state index is 12.0. The Morgan fingerprint density at radius 1 is 1.48 bits per heavy atom. The van der Waals surface area contributed by atoms with Crippen LogP contribution in [0, 0.1) is 0 Å². The second kappa shape index (κ2) is 6.75. The molecule has 0 spiro atoms. The number of alkyl halides is 3. The minimum atomic E-state index is -4.42. The fourth-order valence-corrected chi connectivity index (χ4v) is 1.87. The van der Waals surface area contributed by atoms with Crippen LogP contribution in [0.25, 0.3) is 0 Å². The number of hydrogen-bond donors (Lipinski definition) is 1. The number of nitrogens with zero attached hydrogens (tertiary/aromatic N) is 1. The average molecular weight is 304 g/mol. The van der Waals surface area contributed by atoms with E-state index in [0.29, 0.717) is 13.2 Å². The van der Waals surface area contributed by atoms with Crippen LogP contribution in [0.15, 0.2) is 18.3 Å². The van der Waals surface area contributed by atoms with Crippen molar-refractivity contribution in [2.75, 3.05) is 19.8 Å². The fourth-order valence-electron chi connectivity index (χ4n) is 1.87. The molecular weight excluding hydrogens is 289 g/mol. The van der Waals surface area contributed by atoms with Crippen molar-refractivity contribution in [2.24, 2.45) is 0 Å². The summed E-state index contributed by atoms with van der Waals surface area (Å²) in [7, 11) is 0. The second-order valence-electron chi connectivity index (χ2n) is 4.63. The molecule has 1 fully saturated rings. The number of pyridine rings is 1. The SMILES string of the molecule is O=C(NCC1CCCO1)c1ccc(OCC(F)(F)F)nc1. The molecule has 1 N–H and O–H groups in total. The number of halogens is 3. The van der Waals surface area contributed by atoms with Crippen LogP contribution in [0.4, 0.5) is 13.2 Å². The maximum Gasteiger partial charge on any atom is 0.422 e. The molecule has 0 radical (unpaired) electrons. The Labute approximate surface area is 119 Å². The third-order valence-corrected chi connectivity index (χ3v) is 2.90. The molecular formula is C13H15F3N2O3. The predicted molar refractivity (Wildman–Crippen MR) is 67.1 cm³/mol. The van der Waals surface area contributed by atoms with Crippen LogP contribution < -0.4 is 10.1 Å². The van der Waals surface area contributed by atoms with Crippen LogP contribution in [0.5, 0.6) is 5.88 Å². The lowest BCUT2D eigenvalue weighted by atomic mass is 10.2. The molecule has 0 aromatic carbocycles. The van der Waals surface area contributed by atoms with Crippen molar-refractivity contribution in [3.8, 4) is 5.88 Å². The standard InChI is InChI=1S/C13H15F3N2O3/c14-13(15,16)8-21-11-4-3-9(6-17-11)12(19)18-7-10-2-1-5-20-10/h3-4,6,10H,1-2,5,7-8H2,(H,18,19). The molecule has 1 aromatic rings. The van der Waals surface area contributed by atoms with Crippen molar-refractivity contribution in [2.45, 2.75) is 25.1 Å². The highest BCUT2D eigenvalue weighted by molar-refractivity contribution is 5.93. The summed E-state index contributed by atoms with van der Waals surface area (Å²) in [6, 6.07) is 2.59. The van der Waals surface area contributed by atoms with E-state index in [9.17, 15) is 18.0 Å². The smallest absolute Gasteiger partial charge is 0.422 e. The van der Waals surface area contributed by atoms with Crippen molar-refractivity contribution >= 4 is 5.91 Å². The highest BCUT2D eigenvalue weighted by Gasteiger charge is 2.28. The zero-order chi connectivity index (χ0) is 15.3. The number of rotatable bonds is 5. The lowest BCUT2D eigenvalue weighted by molar-refractivity contribution is -0.154. The summed E-state index contributed by atoms with van der Waals surface area (Å²) < 4.78 is 45.7. The molecule has 21 heavy (non-hydrogen) atoms. The Morgan fingerprint density at radius 2 is 2.29 bits per heavy atom. The third kappa shape index (κ3) is 5.22. The minimum absolute atomic E-state index is 0.0244. The number of aromatic nitrogens is 1. The van der Waals surface area contributed by atoms with E-state index in [0.717, 1.165) is 12.8 Å². The van der Waals surface area contributed by atoms with Crippen molar-refractivity contribution in [1.29, 1.82) is 0 Å². The molecule has 116 valence electrons. The molecule has 1 unspecified atom stereocenters. The van der Waals surface area contributed by atoms with Gasteiger partial charge in [0.1, 0.15) is 0 Å². The Kier molecular flexibility index (Phi) is 5.00. The molecule has 5 nitrogen and oxygen atoms in total. The largest absolute Gasteiger partial charge is 0.468 e. The number of carbonyl (C=O) groups excluding carboxylic acids is 1. The van der Waals surface area contributed by atoms with Gasteiger partial charge in [0.15, 0.2) is 6.61 Å². The van der Waals surface area contributed by atoms with Gasteiger partial charge in [-0.3, -0.25) is 4.79 Å². The van der Waals surface area contributed by atoms with E-state index in [1.54, 1.807) is 0 Å². The summed E-state index contributed by atoms with van der Waals surface area (Å²) in [6.07, 6.45) is -1.33. The van der Waals surface area contributed by atoms with Gasteiger partial charge < -0.3 is 14.8 Å². The average Bonchev–Trinajstić information content (AvgIpc) is 2.95. The van der Waals surface area contributed by atoms with E-state index >= 15 is 0 Å². The van der Waals surface area contributed by atoms with Crippen LogP contribution >= 0.6 is 0 Å². The van der Waals surface area contributed by atoms with Crippen LogP contribution in [0.3, 0.4) is 0 Å². The van der Waals surface area contributed by atoms with E-state index in [-0.39, 0.29) is 23.5 Å². The van der Waals surface area contributed by atoms with E-state index in [1.165, 1.54) is 18.3 Å². The van der Waals surface area contributed by atoms with Gasteiger partial charge in [-0.2, -0.15) is 13.2 Å². The quantitative estimate of drug-likeness (QED) is 0.903. The Bertz CT molecular complexity index is 471. The van der Waals surface area contributed by atoms with Gasteiger partial charge in [0.05, 0.1) is 11.7 Å². The van der Waals surface area contributed by atoms with Gasteiger partial charge in [0, 0.05) is 25.4 Å². The number of hydrogen-bond acceptors (Lipinski definition) is 4. The van der Waals surface area contributed by atoms with Gasteiger partial charge in [0.2, 0.25) is 5.88 Å². The monoisotopic (exact) mass is 304 g/mol. The first-order valence-electron chi connectivity index (χ1n) is 6.49. The molecule has 1 saturated heterocycles. The summed E-state index contributed by atoms with van der Waals surface area (Å²) >= 11 is 0. The predicted octanol–water partition coefficient (Wildman–Crippen LogP) is 1.93. The number of ether oxygens (including phenoxy) is 2. The molecule has 1 aliphatic heterocycles. The van der Waals surface area contributed by atoms with Gasteiger partial charge in [-0.25, -0.2) is 4.98 Å². The zero-order valence-electron chi connectivity index (χ0n) is 11.2. The summed E-state index contributed by atoms with van der Waals surface area (Å²) in [5.41, 5.74) is 0.257. The Balaban J connectivity index is 1.81. The van der Waals surface area contributed by atoms with Gasteiger partial charge in [-0.05, 0) is 18.9 Å². The van der Waals surface area contributed by atoms with E-state index in [2.05, 4.69) is 15.0 Å². The number of amides is 1. The molecule has 1 aliphatic rings. The van der Waals surface area contributed by atoms with E-state index in [4.69, 9.17) is 4.74 Å². The zero-order valence-corrected chi connectivity index (χ0v) is 11.2. The van der Waals surface area contributed by atoms with Crippen molar-refractivity contribution < 1.29 is 27.4 Å². The van der Waals surface area contributed by atoms with Crippen LogP contribution in [-0.2, 0) is 4.74 Å². The number of carbonyl (C=O) groups is 1. The Hall–Kier alpha value is -1.83. The summed E-state index contributed by atoms with van der Waals surface area (Å²) in [4.78, 5) is 15.5. The molecule has 1 atom stereocenters. The number of nitrogens with one attached hydrogen (secondary N) is 1. The van der Waals surface area contributed by atoms with Gasteiger partial charge in [-0.1, -0.05) is 0 Å². The van der Waals surface area contributed by atoms with Crippen molar-refractivity contribution in [3.63, 3.8) is 0 Å². The minimum Gasteiger partial charge on any atom is -0.468 e. The fraction of sp³-hybridized carbons (Fsp3) is 0.538. The molecule has 1 aromatic heterocycles. The molecule has 2 rings (SSSR count). The highest BCUT2D eigenvalue weighted by Crippen LogP contribution is 2.17. The lowest BCUT2D eigenvalue weighted by Gasteiger charge is -2.11. The van der Waals surface area contributed by atoms with Crippen molar-refractivity contribution in [1.82, 2.24) is 10.3 Å². The Morgan fingerprint density at radius 3 is 2.86 bits per heavy atom. The molecule has 0 bridgehead atoms. The summed E-state index contributed by atoms with van der Waals surface area (Å²) in [5.74, 6) is -0.525. The van der Waals surface area contributed by atoms with Gasteiger partial charge in [-0.15, -0.1) is 0 Å². The molecule has 2 heterocycles. The lowest BCUT2D eigenvalue weighted by Crippen LogP contribution is -2.31. The third-order valence-electron chi connectivity index (χ3n) is 2.90. The first-order chi connectivity index (χ1) is 9.94. The van der Waals surface area contributed by atoms with Crippen LogP contribution in [-0.4, -0.2) is 42.9 Å². The van der Waals surface area contributed by atoms with Crippen LogP contribution in [0.2, 0.25) is 0 Å². The first-order valence-corrected chi connectivity index (χ1v) is 6.49. The van der Waals surface area contributed by atoms with Gasteiger partial charge in [0.25, 0.3) is 5.91 Å².